The number of hydrogen-bond donors (Lipinski definition) is 2. The van der Waals surface area contributed by atoms with Gasteiger partial charge in [0.25, 0.3) is 0 Å². The normalized spacial score (nSPS) is 13.9. The van der Waals surface area contributed by atoms with Gasteiger partial charge < -0.3 is 15.1 Å². The van der Waals surface area contributed by atoms with Crippen molar-refractivity contribution in [3.05, 3.63) is 88.6 Å². The summed E-state index contributed by atoms with van der Waals surface area (Å²) >= 11 is 0. The van der Waals surface area contributed by atoms with E-state index in [-0.39, 0.29) is 23.1 Å². The maximum Gasteiger partial charge on any atom is 0.338 e. The largest absolute Gasteiger partial charge is 0.493 e. The van der Waals surface area contributed by atoms with Gasteiger partial charge in [0.15, 0.2) is 0 Å². The third-order valence-electron chi connectivity index (χ3n) is 6.64. The molecule has 1 fully saturated rings. The number of hydrogen-bond acceptors (Lipinski definition) is 7. The fourth-order valence-corrected chi connectivity index (χ4v) is 4.67. The van der Waals surface area contributed by atoms with Crippen molar-refractivity contribution in [3.63, 3.8) is 0 Å². The molecular formula is C27H24N6O4. The van der Waals surface area contributed by atoms with Gasteiger partial charge in [-0.2, -0.15) is 5.26 Å². The van der Waals surface area contributed by atoms with Crippen LogP contribution in [-0.2, 0) is 6.54 Å². The van der Waals surface area contributed by atoms with Gasteiger partial charge in [-0.15, -0.1) is 0 Å². The van der Waals surface area contributed by atoms with E-state index in [1.807, 2.05) is 35.2 Å². The molecule has 0 atom stereocenters. The number of nitrogens with zero attached hydrogens (tertiary/aromatic N) is 6. The van der Waals surface area contributed by atoms with Crippen molar-refractivity contribution in [1.82, 2.24) is 19.1 Å². The number of aromatic hydroxyl groups is 1. The number of nitriles is 1. The molecular weight excluding hydrogens is 472 g/mol. The maximum atomic E-state index is 13.6. The highest BCUT2D eigenvalue weighted by molar-refractivity contribution is 5.86. The molecule has 10 nitrogen and oxygen atoms in total. The van der Waals surface area contributed by atoms with Crippen LogP contribution < -0.4 is 10.6 Å². The van der Waals surface area contributed by atoms with Crippen LogP contribution in [0.5, 0.6) is 5.88 Å². The first-order valence-electron chi connectivity index (χ1n) is 11.9. The number of rotatable bonds is 6. The minimum Gasteiger partial charge on any atom is -0.493 e. The number of aromatic nitrogens is 4. The molecule has 0 saturated carbocycles. The average Bonchev–Trinajstić information content (AvgIpc) is 3.18. The highest BCUT2D eigenvalue weighted by atomic mass is 16.4. The second kappa shape index (κ2) is 9.99. The van der Waals surface area contributed by atoms with E-state index in [4.69, 9.17) is 10.4 Å². The third-order valence-corrected chi connectivity index (χ3v) is 6.64. The molecule has 2 N–H and O–H groups in total. The molecule has 1 aliphatic rings. The summed E-state index contributed by atoms with van der Waals surface area (Å²) in [7, 11) is 0. The van der Waals surface area contributed by atoms with Crippen LogP contribution in [0.25, 0.3) is 16.9 Å². The summed E-state index contributed by atoms with van der Waals surface area (Å²) in [6, 6.07) is 17.9. The molecule has 0 spiro atoms. The van der Waals surface area contributed by atoms with Crippen LogP contribution in [0.2, 0.25) is 0 Å². The minimum absolute atomic E-state index is 0.0398. The van der Waals surface area contributed by atoms with Gasteiger partial charge in [0.05, 0.1) is 22.9 Å². The van der Waals surface area contributed by atoms with Crippen LogP contribution in [0.4, 0.5) is 5.95 Å². The zero-order valence-corrected chi connectivity index (χ0v) is 19.9. The van der Waals surface area contributed by atoms with Gasteiger partial charge in [-0.05, 0) is 43.0 Å². The number of carboxylic acids is 1. The molecule has 0 amide bonds. The molecule has 37 heavy (non-hydrogen) atoms. The second-order valence-electron chi connectivity index (χ2n) is 8.93. The van der Waals surface area contributed by atoms with E-state index in [1.165, 1.54) is 17.0 Å². The zero-order chi connectivity index (χ0) is 25.9. The molecule has 0 bridgehead atoms. The lowest BCUT2D eigenvalue weighted by Crippen LogP contribution is -2.37. The van der Waals surface area contributed by atoms with Gasteiger partial charge in [0.2, 0.25) is 11.8 Å². The standard InChI is InChI=1S/C27H24N6O4/c28-14-18-6-8-22(9-7-18)33-24(34)23(20-4-2-1-3-5-20)32(27(33)37)17-19-10-12-31(13-11-19)26-29-15-21(16-30-26)25(35)36/h1-9,15-16,19,34H,10-13,17H2,(H,35,36). The van der Waals surface area contributed by atoms with Crippen LogP contribution in [0.3, 0.4) is 0 Å². The number of carbonyl (C=O) groups is 1. The number of imidazole rings is 1. The Labute approximate surface area is 212 Å². The Bertz CT molecular complexity index is 1510. The quantitative estimate of drug-likeness (QED) is 0.415. The van der Waals surface area contributed by atoms with E-state index in [0.717, 1.165) is 18.4 Å². The first-order valence-corrected chi connectivity index (χ1v) is 11.9. The fourth-order valence-electron chi connectivity index (χ4n) is 4.67. The maximum absolute atomic E-state index is 13.6. The monoisotopic (exact) mass is 496 g/mol. The topological polar surface area (TPSA) is 137 Å². The highest BCUT2D eigenvalue weighted by Crippen LogP contribution is 2.32. The predicted molar refractivity (Wildman–Crippen MR) is 136 cm³/mol. The summed E-state index contributed by atoms with van der Waals surface area (Å²) in [5, 5.41) is 29.4. The van der Waals surface area contributed by atoms with E-state index in [0.29, 0.717) is 42.5 Å². The molecule has 1 saturated heterocycles. The zero-order valence-electron chi connectivity index (χ0n) is 19.9. The molecule has 186 valence electrons. The lowest BCUT2D eigenvalue weighted by atomic mass is 9.96. The van der Waals surface area contributed by atoms with Crippen molar-refractivity contribution in [1.29, 1.82) is 5.26 Å². The highest BCUT2D eigenvalue weighted by Gasteiger charge is 2.27. The number of piperidine rings is 1. The first-order chi connectivity index (χ1) is 18.0. The van der Waals surface area contributed by atoms with E-state index in [1.54, 1.807) is 28.8 Å². The Hall–Kier alpha value is -4.91. The lowest BCUT2D eigenvalue weighted by Gasteiger charge is -2.32. The van der Waals surface area contributed by atoms with Gasteiger partial charge in [0, 0.05) is 37.6 Å². The smallest absolute Gasteiger partial charge is 0.338 e. The molecule has 4 aromatic rings. The molecule has 2 aromatic heterocycles. The van der Waals surface area contributed by atoms with Crippen molar-refractivity contribution in [2.24, 2.45) is 5.92 Å². The predicted octanol–water partition coefficient (Wildman–Crippen LogP) is 3.29. The van der Waals surface area contributed by atoms with Gasteiger partial charge in [0.1, 0.15) is 5.69 Å². The van der Waals surface area contributed by atoms with Gasteiger partial charge in [-0.3, -0.25) is 4.57 Å². The molecule has 5 rings (SSSR count). The first kappa shape index (κ1) is 23.8. The summed E-state index contributed by atoms with van der Waals surface area (Å²) in [6.45, 7) is 1.75. The number of carboxylic acid groups (broad SMARTS) is 1. The van der Waals surface area contributed by atoms with E-state index >= 15 is 0 Å². The van der Waals surface area contributed by atoms with Crippen LogP contribution in [0, 0.1) is 17.2 Å². The van der Waals surface area contributed by atoms with Crippen LogP contribution >= 0.6 is 0 Å². The average molecular weight is 497 g/mol. The molecule has 1 aliphatic heterocycles. The number of anilines is 1. The van der Waals surface area contributed by atoms with E-state index in [9.17, 15) is 14.7 Å². The van der Waals surface area contributed by atoms with Crippen LogP contribution in [-0.4, -0.2) is 48.4 Å². The Morgan fingerprint density at radius 2 is 1.68 bits per heavy atom. The van der Waals surface area contributed by atoms with Crippen LogP contribution in [0.1, 0.15) is 28.8 Å². The van der Waals surface area contributed by atoms with Crippen molar-refractivity contribution >= 4 is 11.9 Å². The Morgan fingerprint density at radius 1 is 1.03 bits per heavy atom. The van der Waals surface area contributed by atoms with Crippen molar-refractivity contribution in [3.8, 4) is 28.9 Å². The summed E-state index contributed by atoms with van der Waals surface area (Å²) < 4.78 is 2.90. The number of aromatic carboxylic acids is 1. The fraction of sp³-hybridized carbons (Fsp3) is 0.222. The molecule has 0 radical (unpaired) electrons. The third kappa shape index (κ3) is 4.67. The van der Waals surface area contributed by atoms with Gasteiger partial charge >= 0.3 is 11.7 Å². The van der Waals surface area contributed by atoms with Crippen molar-refractivity contribution in [2.75, 3.05) is 18.0 Å². The van der Waals surface area contributed by atoms with Crippen LogP contribution in [0.15, 0.2) is 71.8 Å². The minimum atomic E-state index is -1.07. The Balaban J connectivity index is 1.42. The Morgan fingerprint density at radius 3 is 2.27 bits per heavy atom. The van der Waals surface area contributed by atoms with Gasteiger partial charge in [-0.1, -0.05) is 30.3 Å². The van der Waals surface area contributed by atoms with E-state index < -0.39 is 5.97 Å². The lowest BCUT2D eigenvalue weighted by molar-refractivity contribution is 0.0696. The molecule has 0 aliphatic carbocycles. The molecule has 0 unspecified atom stereocenters. The van der Waals surface area contributed by atoms with Gasteiger partial charge in [-0.25, -0.2) is 24.1 Å². The van der Waals surface area contributed by atoms with E-state index in [2.05, 4.69) is 16.0 Å². The summed E-state index contributed by atoms with van der Waals surface area (Å²) in [5.41, 5.74) is 1.81. The molecule has 2 aromatic carbocycles. The number of benzene rings is 2. The Kier molecular flexibility index (Phi) is 6.43. The molecule has 3 heterocycles. The van der Waals surface area contributed by atoms with Crippen molar-refractivity contribution < 1.29 is 15.0 Å². The second-order valence-corrected chi connectivity index (χ2v) is 8.93. The van der Waals surface area contributed by atoms with Crippen molar-refractivity contribution in [2.45, 2.75) is 19.4 Å². The summed E-state index contributed by atoms with van der Waals surface area (Å²) in [5.74, 6) is -0.562. The summed E-state index contributed by atoms with van der Waals surface area (Å²) in [4.78, 5) is 35.0. The SMILES string of the molecule is N#Cc1ccc(-n2c(O)c(-c3ccccc3)n(CC3CCN(c4ncc(C(=O)O)cn4)CC3)c2=O)cc1. The summed E-state index contributed by atoms with van der Waals surface area (Å²) in [6.07, 6.45) is 4.15. The molecule has 10 heteroatoms.